The first-order valence-electron chi connectivity index (χ1n) is 10.5. The lowest BCUT2D eigenvalue weighted by atomic mass is 9.97. The van der Waals surface area contributed by atoms with Crippen LogP contribution < -0.4 is 5.56 Å². The molecule has 9 heteroatoms. The minimum Gasteiger partial charge on any atom is -0.507 e. The van der Waals surface area contributed by atoms with Crippen LogP contribution >= 0.6 is 0 Å². The van der Waals surface area contributed by atoms with Gasteiger partial charge in [0.2, 0.25) is 0 Å². The first-order valence-corrected chi connectivity index (χ1v) is 10.5. The van der Waals surface area contributed by atoms with Gasteiger partial charge in [0.15, 0.2) is 0 Å². The Balaban J connectivity index is 1.99. The van der Waals surface area contributed by atoms with Gasteiger partial charge in [-0.25, -0.2) is 4.79 Å². The molecule has 0 bridgehead atoms. The molecule has 0 spiro atoms. The SMILES string of the molecule is CCOC(=O)N1CCN(C(c2ccncc2)c2c(O)cc(C)n(CCOC)c2=O)CC1. The fourth-order valence-electron chi connectivity index (χ4n) is 3.97. The van der Waals surface area contributed by atoms with Crippen LogP contribution in [0.15, 0.2) is 35.4 Å². The summed E-state index contributed by atoms with van der Waals surface area (Å²) in [6.07, 6.45) is 3.01. The Bertz CT molecular complexity index is 939. The number of piperazine rings is 1. The lowest BCUT2D eigenvalue weighted by Gasteiger charge is -2.39. The molecule has 1 aliphatic rings. The number of aromatic hydroxyl groups is 1. The lowest BCUT2D eigenvalue weighted by Crippen LogP contribution is -2.50. The predicted molar refractivity (Wildman–Crippen MR) is 115 cm³/mol. The third kappa shape index (κ3) is 5.05. The van der Waals surface area contributed by atoms with Crippen molar-refractivity contribution in [2.75, 3.05) is 46.5 Å². The molecule has 1 N–H and O–H groups in total. The van der Waals surface area contributed by atoms with Crippen LogP contribution in [0, 0.1) is 6.92 Å². The highest BCUT2D eigenvalue weighted by molar-refractivity contribution is 5.67. The number of rotatable bonds is 7. The molecular formula is C22H30N4O5. The summed E-state index contributed by atoms with van der Waals surface area (Å²) in [5.74, 6) is -0.0363. The molecule has 0 saturated carbocycles. The smallest absolute Gasteiger partial charge is 0.409 e. The zero-order valence-electron chi connectivity index (χ0n) is 18.3. The lowest BCUT2D eigenvalue weighted by molar-refractivity contribution is 0.0709. The normalized spacial score (nSPS) is 15.6. The molecule has 1 aliphatic heterocycles. The van der Waals surface area contributed by atoms with Gasteiger partial charge in [0.05, 0.1) is 24.8 Å². The van der Waals surface area contributed by atoms with Crippen LogP contribution in [0.4, 0.5) is 4.79 Å². The first-order chi connectivity index (χ1) is 15.0. The number of amides is 1. The Morgan fingerprint density at radius 3 is 2.52 bits per heavy atom. The first kappa shape index (κ1) is 22.8. The maximum absolute atomic E-state index is 13.5. The summed E-state index contributed by atoms with van der Waals surface area (Å²) in [5.41, 5.74) is 1.60. The minimum atomic E-state index is -0.464. The van der Waals surface area contributed by atoms with E-state index in [-0.39, 0.29) is 17.4 Å². The van der Waals surface area contributed by atoms with E-state index in [1.807, 2.05) is 12.1 Å². The molecule has 3 heterocycles. The predicted octanol–water partition coefficient (Wildman–Crippen LogP) is 1.77. The number of hydrogen-bond donors (Lipinski definition) is 1. The molecule has 1 unspecified atom stereocenters. The third-order valence-electron chi connectivity index (χ3n) is 5.54. The molecule has 1 saturated heterocycles. The molecule has 9 nitrogen and oxygen atoms in total. The number of carbonyl (C=O) groups is 1. The Hall–Kier alpha value is -2.91. The van der Waals surface area contributed by atoms with Crippen LogP contribution in [0.3, 0.4) is 0 Å². The van der Waals surface area contributed by atoms with Gasteiger partial charge < -0.3 is 24.0 Å². The fourth-order valence-corrected chi connectivity index (χ4v) is 3.97. The quantitative estimate of drug-likeness (QED) is 0.715. The van der Waals surface area contributed by atoms with Crippen LogP contribution in [0.1, 0.15) is 29.8 Å². The Morgan fingerprint density at radius 1 is 1.23 bits per heavy atom. The summed E-state index contributed by atoms with van der Waals surface area (Å²) >= 11 is 0. The summed E-state index contributed by atoms with van der Waals surface area (Å²) in [6, 6.07) is 4.85. The van der Waals surface area contributed by atoms with Crippen molar-refractivity contribution in [2.24, 2.45) is 0 Å². The highest BCUT2D eigenvalue weighted by Gasteiger charge is 2.32. The molecule has 0 radical (unpaired) electrons. The summed E-state index contributed by atoms with van der Waals surface area (Å²) in [4.78, 5) is 33.4. The minimum absolute atomic E-state index is 0.0363. The average Bonchev–Trinajstić information content (AvgIpc) is 2.77. The molecule has 168 valence electrons. The van der Waals surface area contributed by atoms with Crippen molar-refractivity contribution in [1.82, 2.24) is 19.4 Å². The van der Waals surface area contributed by atoms with Gasteiger partial charge in [0.25, 0.3) is 5.56 Å². The standard InChI is InChI=1S/C22H30N4O5/c1-4-31-22(29)25-11-9-24(10-12-25)20(17-5-7-23-8-6-17)19-18(27)15-16(2)26(21(19)28)13-14-30-3/h5-8,15,20,27H,4,9-14H2,1-3H3. The van der Waals surface area contributed by atoms with E-state index in [0.29, 0.717) is 57.2 Å². The van der Waals surface area contributed by atoms with Gasteiger partial charge in [0, 0.05) is 57.9 Å². The Kier molecular flexibility index (Phi) is 7.64. The maximum Gasteiger partial charge on any atom is 0.409 e. The van der Waals surface area contributed by atoms with Gasteiger partial charge in [0.1, 0.15) is 5.75 Å². The molecule has 1 atom stereocenters. The largest absolute Gasteiger partial charge is 0.507 e. The summed E-state index contributed by atoms with van der Waals surface area (Å²) < 4.78 is 11.9. The number of ether oxygens (including phenoxy) is 2. The van der Waals surface area contributed by atoms with Crippen molar-refractivity contribution in [3.05, 3.63) is 57.8 Å². The number of nitrogens with zero attached hydrogens (tertiary/aromatic N) is 4. The monoisotopic (exact) mass is 430 g/mol. The summed E-state index contributed by atoms with van der Waals surface area (Å²) in [6.45, 7) is 6.72. The van der Waals surface area contributed by atoms with Crippen LogP contribution in [-0.4, -0.2) is 77.1 Å². The third-order valence-corrected chi connectivity index (χ3v) is 5.54. The van der Waals surface area contributed by atoms with Gasteiger partial charge in [-0.1, -0.05) is 0 Å². The van der Waals surface area contributed by atoms with Crippen molar-refractivity contribution < 1.29 is 19.4 Å². The van der Waals surface area contributed by atoms with Crippen LogP contribution in [0.25, 0.3) is 0 Å². The highest BCUT2D eigenvalue weighted by atomic mass is 16.6. The van der Waals surface area contributed by atoms with Gasteiger partial charge in [-0.3, -0.25) is 14.7 Å². The van der Waals surface area contributed by atoms with Gasteiger partial charge >= 0.3 is 6.09 Å². The van der Waals surface area contributed by atoms with Crippen LogP contribution in [-0.2, 0) is 16.0 Å². The zero-order chi connectivity index (χ0) is 22.4. The topological polar surface area (TPSA) is 97.1 Å². The molecule has 31 heavy (non-hydrogen) atoms. The van der Waals surface area contributed by atoms with Gasteiger partial charge in [-0.2, -0.15) is 0 Å². The molecule has 0 aromatic carbocycles. The van der Waals surface area contributed by atoms with Crippen LogP contribution in [0.2, 0.25) is 0 Å². The van der Waals surface area contributed by atoms with E-state index in [4.69, 9.17) is 9.47 Å². The maximum atomic E-state index is 13.5. The number of hydrogen-bond acceptors (Lipinski definition) is 7. The molecule has 0 aliphatic carbocycles. The van der Waals surface area contributed by atoms with E-state index < -0.39 is 6.04 Å². The fraction of sp³-hybridized carbons (Fsp3) is 0.500. The Labute approximate surface area is 181 Å². The molecule has 3 rings (SSSR count). The molecule has 2 aromatic heterocycles. The van der Waals surface area contributed by atoms with Gasteiger partial charge in [-0.05, 0) is 37.6 Å². The van der Waals surface area contributed by atoms with Crippen molar-refractivity contribution in [3.8, 4) is 5.75 Å². The molecule has 1 amide bonds. The zero-order valence-corrected chi connectivity index (χ0v) is 18.3. The van der Waals surface area contributed by atoms with Crippen molar-refractivity contribution in [3.63, 3.8) is 0 Å². The van der Waals surface area contributed by atoms with Crippen molar-refractivity contribution in [1.29, 1.82) is 0 Å². The average molecular weight is 431 g/mol. The van der Waals surface area contributed by atoms with E-state index in [1.54, 1.807) is 48.9 Å². The number of pyridine rings is 2. The molecular weight excluding hydrogens is 400 g/mol. The molecule has 2 aromatic rings. The number of aromatic nitrogens is 2. The van der Waals surface area contributed by atoms with E-state index in [9.17, 15) is 14.7 Å². The number of methoxy groups -OCH3 is 1. The second-order valence-corrected chi connectivity index (χ2v) is 7.44. The highest BCUT2D eigenvalue weighted by Crippen LogP contribution is 2.33. The van der Waals surface area contributed by atoms with E-state index in [0.717, 1.165) is 5.56 Å². The van der Waals surface area contributed by atoms with E-state index in [2.05, 4.69) is 9.88 Å². The van der Waals surface area contributed by atoms with Crippen molar-refractivity contribution in [2.45, 2.75) is 26.4 Å². The second kappa shape index (κ2) is 10.4. The molecule has 1 fully saturated rings. The number of aryl methyl sites for hydroxylation is 1. The van der Waals surface area contributed by atoms with Gasteiger partial charge in [-0.15, -0.1) is 0 Å². The van der Waals surface area contributed by atoms with Crippen molar-refractivity contribution >= 4 is 6.09 Å². The second-order valence-electron chi connectivity index (χ2n) is 7.44. The Morgan fingerprint density at radius 2 is 1.90 bits per heavy atom. The summed E-state index contributed by atoms with van der Waals surface area (Å²) in [7, 11) is 1.59. The number of carbonyl (C=O) groups excluding carboxylic acids is 1. The summed E-state index contributed by atoms with van der Waals surface area (Å²) in [5, 5.41) is 10.8. The van der Waals surface area contributed by atoms with E-state index in [1.165, 1.54) is 0 Å². The van der Waals surface area contributed by atoms with E-state index >= 15 is 0 Å². The van der Waals surface area contributed by atoms with Crippen LogP contribution in [0.5, 0.6) is 5.75 Å².